The zero-order chi connectivity index (χ0) is 28.3. The second kappa shape index (κ2) is 12.8. The third-order valence-corrected chi connectivity index (χ3v) is 10.5. The molecule has 2 aromatic carbocycles. The van der Waals surface area contributed by atoms with Crippen LogP contribution in [0.4, 0.5) is 5.13 Å². The Kier molecular flexibility index (Phi) is 9.41. The number of morpholine rings is 1. The number of amides is 1. The van der Waals surface area contributed by atoms with Crippen LogP contribution in [-0.4, -0.2) is 94.2 Å². The molecular formula is C28H35ClN4O5S2. The number of likely N-dealkylation sites (N-methyl/N-ethyl adjacent to an activating group) is 1. The molecule has 2 aliphatic rings. The minimum absolute atomic E-state index is 0.0843. The Morgan fingerprint density at radius 3 is 2.62 bits per heavy atom. The van der Waals surface area contributed by atoms with Gasteiger partial charge in [0.2, 0.25) is 10.0 Å². The van der Waals surface area contributed by atoms with Gasteiger partial charge in [-0.15, -0.1) is 0 Å². The summed E-state index contributed by atoms with van der Waals surface area (Å²) >= 11 is 7.72. The van der Waals surface area contributed by atoms with Crippen molar-refractivity contribution in [3.8, 4) is 0 Å². The van der Waals surface area contributed by atoms with Crippen molar-refractivity contribution in [3.63, 3.8) is 0 Å². The van der Waals surface area contributed by atoms with Crippen LogP contribution in [0, 0.1) is 6.92 Å². The number of carbonyl (C=O) groups is 1. The van der Waals surface area contributed by atoms with Crippen molar-refractivity contribution in [1.29, 1.82) is 0 Å². The van der Waals surface area contributed by atoms with E-state index >= 15 is 0 Å². The zero-order valence-corrected chi connectivity index (χ0v) is 25.2. The number of fused-ring (bicyclic) bond motifs is 1. The zero-order valence-electron chi connectivity index (χ0n) is 22.8. The van der Waals surface area contributed by atoms with Crippen molar-refractivity contribution in [2.45, 2.75) is 37.2 Å². The molecule has 0 radical (unpaired) electrons. The van der Waals surface area contributed by atoms with E-state index in [0.717, 1.165) is 67.9 Å². The van der Waals surface area contributed by atoms with Gasteiger partial charge in [-0.2, -0.15) is 4.31 Å². The first-order valence-electron chi connectivity index (χ1n) is 13.6. The lowest BCUT2D eigenvalue weighted by Gasteiger charge is -2.27. The summed E-state index contributed by atoms with van der Waals surface area (Å²) in [5.41, 5.74) is 2.18. The molecule has 0 N–H and O–H groups in total. The number of halogens is 1. The van der Waals surface area contributed by atoms with Crippen LogP contribution in [0.5, 0.6) is 0 Å². The average molecular weight is 607 g/mol. The second-order valence-corrected chi connectivity index (χ2v) is 13.8. The Balaban J connectivity index is 1.36. The van der Waals surface area contributed by atoms with E-state index < -0.39 is 10.0 Å². The van der Waals surface area contributed by atoms with Crippen LogP contribution in [0.25, 0.3) is 10.2 Å². The van der Waals surface area contributed by atoms with Gasteiger partial charge >= 0.3 is 0 Å². The fourth-order valence-electron chi connectivity index (χ4n) is 5.10. The van der Waals surface area contributed by atoms with Crippen molar-refractivity contribution in [3.05, 3.63) is 52.5 Å². The molecular weight excluding hydrogens is 572 g/mol. The molecule has 3 aromatic rings. The number of ether oxygens (including phenoxy) is 2. The molecule has 5 rings (SSSR count). The Bertz CT molecular complexity index is 1430. The molecule has 0 aliphatic carbocycles. The van der Waals surface area contributed by atoms with E-state index in [9.17, 15) is 13.2 Å². The maximum Gasteiger partial charge on any atom is 0.260 e. The van der Waals surface area contributed by atoms with E-state index in [4.69, 9.17) is 26.1 Å². The van der Waals surface area contributed by atoms with E-state index in [1.165, 1.54) is 27.8 Å². The first kappa shape index (κ1) is 29.4. The number of benzene rings is 2. The lowest BCUT2D eigenvalue weighted by molar-refractivity contribution is 0.0376. The standard InChI is InChI=1S/C28H35ClN4O5S2/c1-20-17-22(29)18-25-26(20)30-28(39-25)33(11-4-10-32-12-15-37-16-13-32)27(34)21-6-8-24(9-7-21)40(35,36)31(2)19-23-5-3-14-38-23/h6-9,17-18,23H,3-5,10-16,19H2,1-2H3. The Labute approximate surface area is 244 Å². The first-order chi connectivity index (χ1) is 19.2. The lowest BCUT2D eigenvalue weighted by atomic mass is 10.2. The summed E-state index contributed by atoms with van der Waals surface area (Å²) in [4.78, 5) is 22.8. The number of sulfonamides is 1. The molecule has 3 heterocycles. The fourth-order valence-corrected chi connectivity index (χ4v) is 7.74. The highest BCUT2D eigenvalue weighted by molar-refractivity contribution is 7.89. The molecule has 2 saturated heterocycles. The van der Waals surface area contributed by atoms with Crippen molar-refractivity contribution in [2.75, 3.05) is 64.5 Å². The van der Waals surface area contributed by atoms with Crippen LogP contribution in [-0.2, 0) is 19.5 Å². The number of nitrogens with zero attached hydrogens (tertiary/aromatic N) is 4. The van der Waals surface area contributed by atoms with Crippen molar-refractivity contribution in [1.82, 2.24) is 14.2 Å². The molecule has 1 unspecified atom stereocenters. The van der Waals surface area contributed by atoms with E-state index in [1.807, 2.05) is 19.1 Å². The minimum Gasteiger partial charge on any atom is -0.379 e. The molecule has 40 heavy (non-hydrogen) atoms. The summed E-state index contributed by atoms with van der Waals surface area (Å²) in [6.45, 7) is 7.45. The van der Waals surface area contributed by atoms with Crippen molar-refractivity contribution < 1.29 is 22.7 Å². The summed E-state index contributed by atoms with van der Waals surface area (Å²) in [6, 6.07) is 9.91. The molecule has 0 bridgehead atoms. The molecule has 1 aromatic heterocycles. The molecule has 0 saturated carbocycles. The van der Waals surface area contributed by atoms with E-state index in [1.54, 1.807) is 24.1 Å². The summed E-state index contributed by atoms with van der Waals surface area (Å²) in [5, 5.41) is 1.23. The van der Waals surface area contributed by atoms with Crippen LogP contribution in [0.15, 0.2) is 41.3 Å². The number of rotatable bonds is 10. The van der Waals surface area contributed by atoms with Gasteiger partial charge in [0.1, 0.15) is 0 Å². The van der Waals surface area contributed by atoms with Crippen LogP contribution in [0.3, 0.4) is 0 Å². The molecule has 1 atom stereocenters. The van der Waals surface area contributed by atoms with Gasteiger partial charge in [-0.1, -0.05) is 22.9 Å². The van der Waals surface area contributed by atoms with Gasteiger partial charge in [-0.25, -0.2) is 13.4 Å². The van der Waals surface area contributed by atoms with Gasteiger partial charge in [-0.05, 0) is 68.1 Å². The van der Waals surface area contributed by atoms with Gasteiger partial charge in [0.15, 0.2) is 5.13 Å². The second-order valence-electron chi connectivity index (χ2n) is 10.3. The van der Waals surface area contributed by atoms with E-state index in [-0.39, 0.29) is 16.9 Å². The third kappa shape index (κ3) is 6.67. The first-order valence-corrected chi connectivity index (χ1v) is 16.2. The van der Waals surface area contributed by atoms with Gasteiger partial charge in [0.05, 0.1) is 34.4 Å². The number of carbonyl (C=O) groups excluding carboxylic acids is 1. The summed E-state index contributed by atoms with van der Waals surface area (Å²) in [7, 11) is -2.14. The largest absolute Gasteiger partial charge is 0.379 e. The van der Waals surface area contributed by atoms with Crippen molar-refractivity contribution in [2.24, 2.45) is 0 Å². The maximum atomic E-state index is 13.8. The molecule has 2 aliphatic heterocycles. The van der Waals surface area contributed by atoms with Gasteiger partial charge in [0.25, 0.3) is 5.91 Å². The SMILES string of the molecule is Cc1cc(Cl)cc2sc(N(CCCN3CCOCC3)C(=O)c3ccc(S(=O)(=O)N(C)CC4CCCO4)cc3)nc12. The average Bonchev–Trinajstić information content (AvgIpc) is 3.61. The number of aromatic nitrogens is 1. The third-order valence-electron chi connectivity index (χ3n) is 7.37. The van der Waals surface area contributed by atoms with Crippen LogP contribution in [0.2, 0.25) is 5.02 Å². The lowest BCUT2D eigenvalue weighted by Crippen LogP contribution is -2.39. The quantitative estimate of drug-likeness (QED) is 0.337. The molecule has 12 heteroatoms. The number of anilines is 1. The molecule has 2 fully saturated rings. The van der Waals surface area contributed by atoms with Gasteiger partial charge in [0, 0.05) is 57.0 Å². The predicted octanol–water partition coefficient (Wildman–Crippen LogP) is 4.43. The number of hydrogen-bond donors (Lipinski definition) is 0. The molecule has 216 valence electrons. The minimum atomic E-state index is -3.70. The summed E-state index contributed by atoms with van der Waals surface area (Å²) in [6.07, 6.45) is 2.48. The van der Waals surface area contributed by atoms with Crippen LogP contribution in [0.1, 0.15) is 35.2 Å². The summed E-state index contributed by atoms with van der Waals surface area (Å²) < 4.78 is 39.6. The monoisotopic (exact) mass is 606 g/mol. The molecule has 0 spiro atoms. The topological polar surface area (TPSA) is 92.3 Å². The number of hydrogen-bond acceptors (Lipinski definition) is 8. The summed E-state index contributed by atoms with van der Waals surface area (Å²) in [5.74, 6) is -0.221. The van der Waals surface area contributed by atoms with E-state index in [0.29, 0.717) is 35.4 Å². The number of thiazole rings is 1. The van der Waals surface area contributed by atoms with Crippen molar-refractivity contribution >= 4 is 54.2 Å². The highest BCUT2D eigenvalue weighted by atomic mass is 35.5. The maximum absolute atomic E-state index is 13.8. The molecule has 9 nitrogen and oxygen atoms in total. The van der Waals surface area contributed by atoms with E-state index in [2.05, 4.69) is 4.90 Å². The van der Waals surface area contributed by atoms with Crippen LogP contribution >= 0.6 is 22.9 Å². The smallest absolute Gasteiger partial charge is 0.260 e. The Hall–Kier alpha value is -2.12. The highest BCUT2D eigenvalue weighted by Crippen LogP contribution is 2.34. The predicted molar refractivity (Wildman–Crippen MR) is 158 cm³/mol. The van der Waals surface area contributed by atoms with Gasteiger partial charge < -0.3 is 9.47 Å². The normalized spacial score (nSPS) is 18.6. The number of aryl methyl sites for hydroxylation is 1. The highest BCUT2D eigenvalue weighted by Gasteiger charge is 2.27. The fraction of sp³-hybridized carbons (Fsp3) is 0.500. The van der Waals surface area contributed by atoms with Gasteiger partial charge in [-0.3, -0.25) is 14.6 Å². The Morgan fingerprint density at radius 2 is 1.93 bits per heavy atom. The Morgan fingerprint density at radius 1 is 1.18 bits per heavy atom. The molecule has 1 amide bonds. The van der Waals surface area contributed by atoms with Crippen LogP contribution < -0.4 is 4.90 Å².